The van der Waals surface area contributed by atoms with Crippen LogP contribution in [-0.4, -0.2) is 63.9 Å². The normalized spacial score (nSPS) is 20.9. The Labute approximate surface area is 165 Å². The first-order valence-corrected chi connectivity index (χ1v) is 10.3. The van der Waals surface area contributed by atoms with Gasteiger partial charge in [0, 0.05) is 37.4 Å². The number of nitrogens with zero attached hydrogens (tertiary/aromatic N) is 4. The van der Waals surface area contributed by atoms with Crippen molar-refractivity contribution in [1.82, 2.24) is 24.8 Å². The predicted molar refractivity (Wildman–Crippen MR) is 109 cm³/mol. The number of hydrogen-bond acceptors (Lipinski definition) is 6. The van der Waals surface area contributed by atoms with Crippen molar-refractivity contribution in [2.24, 2.45) is 0 Å². The second kappa shape index (κ2) is 7.95. The summed E-state index contributed by atoms with van der Waals surface area (Å²) in [6.07, 6.45) is 4.41. The van der Waals surface area contributed by atoms with E-state index in [1.54, 1.807) is 0 Å². The molecule has 2 aromatic heterocycles. The van der Waals surface area contributed by atoms with Gasteiger partial charge in [0.2, 0.25) is 0 Å². The number of amides is 1. The second-order valence-electron chi connectivity index (χ2n) is 8.13. The van der Waals surface area contributed by atoms with Gasteiger partial charge in [0.25, 0.3) is 0 Å². The molecule has 2 aliphatic rings. The van der Waals surface area contributed by atoms with Crippen molar-refractivity contribution in [2.45, 2.75) is 58.2 Å². The predicted octanol–water partition coefficient (Wildman–Crippen LogP) is 2.70. The fraction of sp³-hybridized carbons (Fsp3) is 0.650. The average molecular weight is 387 g/mol. The molecule has 0 radical (unpaired) electrons. The fourth-order valence-electron chi connectivity index (χ4n) is 3.99. The molecule has 0 unspecified atom stereocenters. The number of anilines is 1. The van der Waals surface area contributed by atoms with E-state index in [1.165, 1.54) is 0 Å². The third kappa shape index (κ3) is 3.92. The molecular weight excluding hydrogens is 356 g/mol. The van der Waals surface area contributed by atoms with E-state index in [0.717, 1.165) is 54.9 Å². The van der Waals surface area contributed by atoms with Gasteiger partial charge in [-0.15, -0.1) is 0 Å². The van der Waals surface area contributed by atoms with Gasteiger partial charge >= 0.3 is 6.09 Å². The molecule has 1 atom stereocenters. The van der Waals surface area contributed by atoms with Crippen LogP contribution in [0.5, 0.6) is 0 Å². The molecule has 2 aliphatic heterocycles. The molecule has 152 valence electrons. The van der Waals surface area contributed by atoms with Gasteiger partial charge < -0.3 is 24.8 Å². The monoisotopic (exact) mass is 386 g/mol. The first-order chi connectivity index (χ1) is 13.5. The summed E-state index contributed by atoms with van der Waals surface area (Å²) in [6.45, 7) is 9.40. The maximum Gasteiger partial charge on any atom is 0.410 e. The van der Waals surface area contributed by atoms with Crippen LogP contribution in [-0.2, 0) is 4.74 Å². The van der Waals surface area contributed by atoms with Crippen LogP contribution in [0.25, 0.3) is 11.2 Å². The first kappa shape index (κ1) is 19.0. The number of likely N-dealkylation sites (tertiary alicyclic amines) is 1. The summed E-state index contributed by atoms with van der Waals surface area (Å²) in [4.78, 5) is 23.4. The van der Waals surface area contributed by atoms with E-state index in [2.05, 4.69) is 45.1 Å². The number of fused-ring (bicyclic) bond motifs is 1. The summed E-state index contributed by atoms with van der Waals surface area (Å²) in [5.74, 6) is 0. The Bertz CT molecular complexity index is 835. The van der Waals surface area contributed by atoms with Crippen molar-refractivity contribution in [3.63, 3.8) is 0 Å². The van der Waals surface area contributed by atoms with Gasteiger partial charge in [0.1, 0.15) is 11.6 Å². The molecule has 2 N–H and O–H groups in total. The Hall–Kier alpha value is -2.35. The lowest BCUT2D eigenvalue weighted by Gasteiger charge is -2.33. The maximum atomic E-state index is 12.3. The molecule has 1 amide bonds. The minimum atomic E-state index is -0.176. The molecule has 8 nitrogen and oxygen atoms in total. The number of aryl methyl sites for hydroxylation is 1. The standard InChI is InChI=1S/C20H30N6O2/c1-13(2)26-12-22-18-17(10-14(3)23-19(18)26)24-15-5-8-25(9-6-15)20(27)28-16-4-7-21-11-16/h10,12-13,15-16,21H,4-9,11H2,1-3H3,(H,23,24)/t16-/m0/s1. The summed E-state index contributed by atoms with van der Waals surface area (Å²) in [6, 6.07) is 2.69. The van der Waals surface area contributed by atoms with Gasteiger partial charge in [-0.3, -0.25) is 0 Å². The topological polar surface area (TPSA) is 84.3 Å². The largest absolute Gasteiger partial charge is 0.445 e. The molecule has 0 aliphatic carbocycles. The number of nitrogens with one attached hydrogen (secondary N) is 2. The number of carbonyl (C=O) groups is 1. The van der Waals surface area contributed by atoms with Gasteiger partial charge in [-0.05, 0) is 52.6 Å². The van der Waals surface area contributed by atoms with E-state index in [-0.39, 0.29) is 12.2 Å². The smallest absolute Gasteiger partial charge is 0.410 e. The minimum absolute atomic E-state index is 0.0208. The lowest BCUT2D eigenvalue weighted by atomic mass is 10.0. The van der Waals surface area contributed by atoms with E-state index in [0.29, 0.717) is 25.2 Å². The Morgan fingerprint density at radius 3 is 2.79 bits per heavy atom. The van der Waals surface area contributed by atoms with Crippen LogP contribution in [0, 0.1) is 6.92 Å². The van der Waals surface area contributed by atoms with Crippen LogP contribution < -0.4 is 10.6 Å². The van der Waals surface area contributed by atoms with Crippen LogP contribution in [0.4, 0.5) is 10.5 Å². The lowest BCUT2D eigenvalue weighted by molar-refractivity contribution is 0.0641. The van der Waals surface area contributed by atoms with Gasteiger partial charge in [-0.25, -0.2) is 14.8 Å². The highest BCUT2D eigenvalue weighted by atomic mass is 16.6. The molecule has 8 heteroatoms. The highest BCUT2D eigenvalue weighted by molar-refractivity contribution is 5.86. The number of carbonyl (C=O) groups excluding carboxylic acids is 1. The summed E-state index contributed by atoms with van der Waals surface area (Å²) in [5, 5.41) is 6.87. The molecule has 4 rings (SSSR count). The molecule has 28 heavy (non-hydrogen) atoms. The third-order valence-corrected chi connectivity index (χ3v) is 5.61. The zero-order valence-electron chi connectivity index (χ0n) is 16.9. The SMILES string of the molecule is Cc1cc(NC2CCN(C(=O)O[C@H]3CCNC3)CC2)c2ncn(C(C)C)c2n1. The van der Waals surface area contributed by atoms with E-state index in [9.17, 15) is 4.79 Å². The van der Waals surface area contributed by atoms with E-state index < -0.39 is 0 Å². The van der Waals surface area contributed by atoms with Crippen molar-refractivity contribution in [2.75, 3.05) is 31.5 Å². The molecule has 2 saturated heterocycles. The van der Waals surface area contributed by atoms with Crippen LogP contribution in [0.2, 0.25) is 0 Å². The molecule has 4 heterocycles. The summed E-state index contributed by atoms with van der Waals surface area (Å²) >= 11 is 0. The third-order valence-electron chi connectivity index (χ3n) is 5.61. The van der Waals surface area contributed by atoms with Gasteiger partial charge in [-0.1, -0.05) is 0 Å². The van der Waals surface area contributed by atoms with Gasteiger partial charge in [0.05, 0.1) is 12.0 Å². The zero-order chi connectivity index (χ0) is 19.7. The minimum Gasteiger partial charge on any atom is -0.445 e. The summed E-state index contributed by atoms with van der Waals surface area (Å²) < 4.78 is 7.69. The molecule has 0 saturated carbocycles. The number of aromatic nitrogens is 3. The molecular formula is C20H30N6O2. The van der Waals surface area contributed by atoms with Crippen molar-refractivity contribution in [3.05, 3.63) is 18.1 Å². The Balaban J connectivity index is 1.39. The molecule has 0 bridgehead atoms. The summed E-state index contributed by atoms with van der Waals surface area (Å²) in [7, 11) is 0. The molecule has 0 spiro atoms. The van der Waals surface area contributed by atoms with E-state index in [4.69, 9.17) is 4.74 Å². The highest BCUT2D eigenvalue weighted by Gasteiger charge is 2.27. The number of piperidine rings is 1. The molecule has 0 aromatic carbocycles. The first-order valence-electron chi connectivity index (χ1n) is 10.3. The van der Waals surface area contributed by atoms with Crippen molar-refractivity contribution < 1.29 is 9.53 Å². The maximum absolute atomic E-state index is 12.3. The highest BCUT2D eigenvalue weighted by Crippen LogP contribution is 2.26. The number of ether oxygens (including phenoxy) is 1. The van der Waals surface area contributed by atoms with Crippen LogP contribution >= 0.6 is 0 Å². The lowest BCUT2D eigenvalue weighted by Crippen LogP contribution is -2.43. The molecule has 2 fully saturated rings. The number of imidazole rings is 1. The Morgan fingerprint density at radius 2 is 2.11 bits per heavy atom. The van der Waals surface area contributed by atoms with Gasteiger partial charge in [-0.2, -0.15) is 0 Å². The second-order valence-corrected chi connectivity index (χ2v) is 8.13. The molecule has 2 aromatic rings. The van der Waals surface area contributed by atoms with Crippen molar-refractivity contribution in [3.8, 4) is 0 Å². The van der Waals surface area contributed by atoms with Crippen LogP contribution in [0.3, 0.4) is 0 Å². The Kier molecular flexibility index (Phi) is 5.39. The van der Waals surface area contributed by atoms with Gasteiger partial charge in [0.15, 0.2) is 5.65 Å². The van der Waals surface area contributed by atoms with Crippen LogP contribution in [0.15, 0.2) is 12.4 Å². The van der Waals surface area contributed by atoms with Crippen molar-refractivity contribution >= 4 is 22.9 Å². The van der Waals surface area contributed by atoms with E-state index >= 15 is 0 Å². The quantitative estimate of drug-likeness (QED) is 0.841. The zero-order valence-corrected chi connectivity index (χ0v) is 16.9. The van der Waals surface area contributed by atoms with Crippen molar-refractivity contribution in [1.29, 1.82) is 0 Å². The summed E-state index contributed by atoms with van der Waals surface area (Å²) in [5.41, 5.74) is 3.84. The number of pyridine rings is 1. The van der Waals surface area contributed by atoms with E-state index in [1.807, 2.05) is 18.2 Å². The number of rotatable bonds is 4. The average Bonchev–Trinajstić information content (AvgIpc) is 3.31. The van der Waals surface area contributed by atoms with Crippen LogP contribution in [0.1, 0.15) is 44.8 Å². The Morgan fingerprint density at radius 1 is 1.32 bits per heavy atom. The fourth-order valence-corrected chi connectivity index (χ4v) is 3.99. The number of hydrogen-bond donors (Lipinski definition) is 2.